The van der Waals surface area contributed by atoms with Crippen molar-refractivity contribution in [3.05, 3.63) is 24.3 Å². The fraction of sp³-hybridized carbons (Fsp3) is 0.385. The van der Waals surface area contributed by atoms with Crippen LogP contribution in [0.3, 0.4) is 0 Å². The fourth-order valence-corrected chi connectivity index (χ4v) is 1.75. The first-order valence-electron chi connectivity index (χ1n) is 5.75. The number of rotatable bonds is 3. The second kappa shape index (κ2) is 5.41. The number of nitrogens with zero attached hydrogens (tertiary/aromatic N) is 1. The summed E-state index contributed by atoms with van der Waals surface area (Å²) < 4.78 is 11.3. The third-order valence-corrected chi connectivity index (χ3v) is 2.72. The molecule has 0 radical (unpaired) electrons. The Morgan fingerprint density at radius 2 is 2.28 bits per heavy atom. The Morgan fingerprint density at radius 1 is 1.56 bits per heavy atom. The second-order valence-electron chi connectivity index (χ2n) is 4.11. The minimum Gasteiger partial charge on any atom is -0.486 e. The second-order valence-corrected chi connectivity index (χ2v) is 4.11. The van der Waals surface area contributed by atoms with E-state index in [0.717, 1.165) is 0 Å². The number of nitrogens with one attached hydrogen (secondary N) is 1. The van der Waals surface area contributed by atoms with E-state index in [0.29, 0.717) is 18.1 Å². The van der Waals surface area contributed by atoms with Crippen molar-refractivity contribution in [3.8, 4) is 17.6 Å². The third kappa shape index (κ3) is 2.72. The number of fused-ring (bicyclic) bond motifs is 1. The quantitative estimate of drug-likeness (QED) is 0.871. The highest BCUT2D eigenvalue weighted by Gasteiger charge is 2.26. The minimum absolute atomic E-state index is 0.144. The van der Waals surface area contributed by atoms with E-state index in [9.17, 15) is 4.79 Å². The van der Waals surface area contributed by atoms with Crippen LogP contribution in [0.4, 0.5) is 0 Å². The van der Waals surface area contributed by atoms with Gasteiger partial charge in [-0.15, -0.1) is 0 Å². The summed E-state index contributed by atoms with van der Waals surface area (Å²) in [6.45, 7) is 2.21. The molecule has 0 aliphatic carbocycles. The van der Waals surface area contributed by atoms with E-state index < -0.39 is 0 Å². The number of hydrogen-bond acceptors (Lipinski definition) is 4. The Hall–Kier alpha value is -2.22. The van der Waals surface area contributed by atoms with Crippen molar-refractivity contribution < 1.29 is 14.3 Å². The number of benzene rings is 1. The van der Waals surface area contributed by atoms with E-state index in [1.54, 1.807) is 0 Å². The Bertz CT molecular complexity index is 481. The maximum absolute atomic E-state index is 11.3. The predicted molar refractivity (Wildman–Crippen MR) is 64.2 cm³/mol. The van der Waals surface area contributed by atoms with Crippen molar-refractivity contribution in [3.63, 3.8) is 0 Å². The van der Waals surface area contributed by atoms with Gasteiger partial charge in [-0.3, -0.25) is 4.79 Å². The molecule has 1 aromatic rings. The Balaban J connectivity index is 1.96. The van der Waals surface area contributed by atoms with Crippen molar-refractivity contribution in [2.45, 2.75) is 25.5 Å². The molecular formula is C13H14N2O3. The van der Waals surface area contributed by atoms with Gasteiger partial charge in [-0.1, -0.05) is 12.1 Å². The minimum atomic E-state index is -0.299. The molecular weight excluding hydrogens is 232 g/mol. The maximum atomic E-state index is 11.3. The molecule has 2 atom stereocenters. The molecule has 0 aromatic heterocycles. The predicted octanol–water partition coefficient (Wildman–Crippen LogP) is 1.24. The molecule has 1 aliphatic heterocycles. The highest BCUT2D eigenvalue weighted by atomic mass is 16.6. The van der Waals surface area contributed by atoms with Crippen molar-refractivity contribution in [2.75, 3.05) is 6.61 Å². The summed E-state index contributed by atoms with van der Waals surface area (Å²) in [5.74, 6) is 1.09. The topological polar surface area (TPSA) is 71.4 Å². The first-order chi connectivity index (χ1) is 8.70. The number of para-hydroxylation sites is 2. The lowest BCUT2D eigenvalue weighted by molar-refractivity contribution is -0.121. The van der Waals surface area contributed by atoms with Crippen LogP contribution < -0.4 is 14.8 Å². The van der Waals surface area contributed by atoms with Crippen LogP contribution in [0.2, 0.25) is 0 Å². The van der Waals surface area contributed by atoms with Gasteiger partial charge < -0.3 is 14.8 Å². The summed E-state index contributed by atoms with van der Waals surface area (Å²) in [6, 6.07) is 9.00. The van der Waals surface area contributed by atoms with Crippen molar-refractivity contribution >= 4 is 5.91 Å². The van der Waals surface area contributed by atoms with Crippen LogP contribution in [0.25, 0.3) is 0 Å². The van der Waals surface area contributed by atoms with Crippen molar-refractivity contribution in [1.29, 1.82) is 5.26 Å². The van der Waals surface area contributed by atoms with E-state index in [4.69, 9.17) is 14.7 Å². The van der Waals surface area contributed by atoms with Gasteiger partial charge in [-0.2, -0.15) is 5.26 Å². The van der Waals surface area contributed by atoms with Gasteiger partial charge in [0.25, 0.3) is 0 Å². The zero-order valence-electron chi connectivity index (χ0n) is 10.1. The van der Waals surface area contributed by atoms with E-state index >= 15 is 0 Å². The smallest absolute Gasteiger partial charge is 0.234 e. The zero-order valence-corrected chi connectivity index (χ0v) is 10.1. The molecule has 0 fully saturated rings. The summed E-state index contributed by atoms with van der Waals surface area (Å²) in [6.07, 6.45) is -0.392. The summed E-state index contributed by atoms with van der Waals surface area (Å²) >= 11 is 0. The zero-order chi connectivity index (χ0) is 13.0. The number of carbonyl (C=O) groups excluding carboxylic acids is 1. The van der Waals surface area contributed by atoms with Crippen molar-refractivity contribution in [2.24, 2.45) is 0 Å². The molecule has 0 bridgehead atoms. The Morgan fingerprint density at radius 3 is 3.00 bits per heavy atom. The molecule has 0 spiro atoms. The monoisotopic (exact) mass is 246 g/mol. The van der Waals surface area contributed by atoms with E-state index in [-0.39, 0.29) is 24.5 Å². The molecule has 5 nitrogen and oxygen atoms in total. The van der Waals surface area contributed by atoms with E-state index in [2.05, 4.69) is 5.32 Å². The van der Waals surface area contributed by atoms with Crippen LogP contribution in [0, 0.1) is 11.3 Å². The molecule has 1 aromatic carbocycles. The molecule has 94 valence electrons. The van der Waals surface area contributed by atoms with Crippen LogP contribution in [0.1, 0.15) is 13.3 Å². The third-order valence-electron chi connectivity index (χ3n) is 2.72. The highest BCUT2D eigenvalue weighted by molar-refractivity contribution is 5.78. The number of hydrogen-bond donors (Lipinski definition) is 1. The molecule has 0 saturated carbocycles. The molecule has 0 unspecified atom stereocenters. The van der Waals surface area contributed by atoms with Gasteiger partial charge in [0.1, 0.15) is 13.0 Å². The van der Waals surface area contributed by atoms with Gasteiger partial charge in [0.2, 0.25) is 5.91 Å². The molecule has 5 heteroatoms. The molecule has 1 aliphatic rings. The summed E-state index contributed by atoms with van der Waals surface area (Å²) in [7, 11) is 0. The van der Waals surface area contributed by atoms with E-state index in [1.807, 2.05) is 37.3 Å². The normalized spacial score (nSPS) is 18.6. The number of carbonyl (C=O) groups is 1. The maximum Gasteiger partial charge on any atom is 0.234 e. The van der Waals surface area contributed by atoms with Gasteiger partial charge in [0.15, 0.2) is 17.6 Å². The summed E-state index contributed by atoms with van der Waals surface area (Å²) in [4.78, 5) is 11.3. The van der Waals surface area contributed by atoms with Gasteiger partial charge in [-0.25, -0.2) is 0 Å². The van der Waals surface area contributed by atoms with Crippen LogP contribution in [0.5, 0.6) is 11.5 Å². The molecule has 1 heterocycles. The first-order valence-corrected chi connectivity index (χ1v) is 5.75. The van der Waals surface area contributed by atoms with Gasteiger partial charge in [0, 0.05) is 0 Å². The average molecular weight is 246 g/mol. The Labute approximate surface area is 105 Å². The molecule has 2 rings (SSSR count). The first kappa shape index (κ1) is 12.2. The van der Waals surface area contributed by atoms with Crippen molar-refractivity contribution in [1.82, 2.24) is 5.32 Å². The lowest BCUT2D eigenvalue weighted by Crippen LogP contribution is -2.48. The number of ether oxygens (including phenoxy) is 2. The molecule has 1 amide bonds. The lowest BCUT2D eigenvalue weighted by Gasteiger charge is -2.30. The summed E-state index contributed by atoms with van der Waals surface area (Å²) in [5.41, 5.74) is 0. The van der Waals surface area contributed by atoms with Crippen LogP contribution in [-0.2, 0) is 4.79 Å². The van der Waals surface area contributed by atoms with Crippen LogP contribution in [0.15, 0.2) is 24.3 Å². The molecule has 18 heavy (non-hydrogen) atoms. The SMILES string of the molecule is C[C@@H](NC(=O)CC#N)[C@@H]1COc2ccccc2O1. The van der Waals surface area contributed by atoms with Gasteiger partial charge >= 0.3 is 0 Å². The van der Waals surface area contributed by atoms with E-state index in [1.165, 1.54) is 0 Å². The van der Waals surface area contributed by atoms with Crippen LogP contribution in [-0.4, -0.2) is 24.7 Å². The Kier molecular flexibility index (Phi) is 3.68. The standard InChI is InChI=1S/C13H14N2O3/c1-9(15-13(16)6-7-14)12-8-17-10-4-2-3-5-11(10)18-12/h2-5,9,12H,6,8H2,1H3,(H,15,16)/t9-,12+/m1/s1. The lowest BCUT2D eigenvalue weighted by atomic mass is 10.1. The molecule has 1 N–H and O–H groups in total. The van der Waals surface area contributed by atoms with Crippen LogP contribution >= 0.6 is 0 Å². The molecule has 0 saturated heterocycles. The number of amides is 1. The largest absolute Gasteiger partial charge is 0.486 e. The fourth-order valence-electron chi connectivity index (χ4n) is 1.75. The summed E-state index contributed by atoms with van der Waals surface area (Å²) in [5, 5.41) is 11.1. The number of nitriles is 1. The highest BCUT2D eigenvalue weighted by Crippen LogP contribution is 2.31. The van der Waals surface area contributed by atoms with Gasteiger partial charge in [-0.05, 0) is 19.1 Å². The average Bonchev–Trinajstić information content (AvgIpc) is 2.38. The van der Waals surface area contributed by atoms with Gasteiger partial charge in [0.05, 0.1) is 12.1 Å².